The van der Waals surface area contributed by atoms with Crippen molar-refractivity contribution in [2.75, 3.05) is 5.32 Å². The van der Waals surface area contributed by atoms with Crippen LogP contribution in [0.3, 0.4) is 0 Å². The second-order valence-electron chi connectivity index (χ2n) is 4.18. The Labute approximate surface area is 133 Å². The number of amides is 1. The average Bonchev–Trinajstić information content (AvgIpc) is 2.40. The summed E-state index contributed by atoms with van der Waals surface area (Å²) in [6, 6.07) is 9.39. The van der Waals surface area contributed by atoms with E-state index in [1.54, 1.807) is 24.3 Å². The summed E-state index contributed by atoms with van der Waals surface area (Å²) in [6.45, 7) is 0. The molecule has 0 aliphatic heterocycles. The molecule has 0 aliphatic carbocycles. The van der Waals surface area contributed by atoms with Crippen molar-refractivity contribution in [1.82, 2.24) is 0 Å². The number of nitrogens with one attached hydrogen (secondary N) is 1. The molecule has 5 nitrogen and oxygen atoms in total. The second kappa shape index (κ2) is 6.15. The Morgan fingerprint density at radius 1 is 1.19 bits per heavy atom. The number of carboxylic acid groups (broad SMARTS) is 1. The number of hydrogen-bond donors (Lipinski definition) is 3. The summed E-state index contributed by atoms with van der Waals surface area (Å²) >= 11 is 9.24. The molecule has 2 rings (SSSR count). The van der Waals surface area contributed by atoms with Gasteiger partial charge in [-0.2, -0.15) is 0 Å². The summed E-state index contributed by atoms with van der Waals surface area (Å²) in [5.41, 5.74) is 6.93. The van der Waals surface area contributed by atoms with Crippen LogP contribution >= 0.6 is 27.5 Å². The van der Waals surface area contributed by atoms with Crippen molar-refractivity contribution >= 4 is 50.8 Å². The highest BCUT2D eigenvalue weighted by Crippen LogP contribution is 2.29. The molecule has 0 fully saturated rings. The molecule has 0 aliphatic rings. The standard InChI is InChI=1S/C14H10BrClN2O3/c15-10-5-7(13(17)19)1-4-12(10)18-8-2-3-9(14(20)21)11(16)6-8/h1-6,18H,(H2,17,19)(H,20,21). The van der Waals surface area contributed by atoms with Crippen LogP contribution in [0, 0.1) is 0 Å². The van der Waals surface area contributed by atoms with Gasteiger partial charge in [-0.15, -0.1) is 0 Å². The van der Waals surface area contributed by atoms with Crippen LogP contribution in [-0.4, -0.2) is 17.0 Å². The first kappa shape index (κ1) is 15.3. The zero-order chi connectivity index (χ0) is 15.6. The van der Waals surface area contributed by atoms with Crippen molar-refractivity contribution in [3.63, 3.8) is 0 Å². The molecule has 1 amide bonds. The molecular formula is C14H10BrClN2O3. The van der Waals surface area contributed by atoms with Crippen LogP contribution in [0.4, 0.5) is 11.4 Å². The normalized spacial score (nSPS) is 10.2. The lowest BCUT2D eigenvalue weighted by Gasteiger charge is -2.10. The van der Waals surface area contributed by atoms with Crippen LogP contribution in [0.25, 0.3) is 0 Å². The van der Waals surface area contributed by atoms with E-state index in [1.165, 1.54) is 12.1 Å². The van der Waals surface area contributed by atoms with Gasteiger partial charge in [0.2, 0.25) is 5.91 Å². The van der Waals surface area contributed by atoms with E-state index in [4.69, 9.17) is 22.4 Å². The average molecular weight is 370 g/mol. The first-order valence-corrected chi connectivity index (χ1v) is 6.95. The number of rotatable bonds is 4. The molecule has 0 unspecified atom stereocenters. The largest absolute Gasteiger partial charge is 0.478 e. The number of carbonyl (C=O) groups excluding carboxylic acids is 1. The predicted molar refractivity (Wildman–Crippen MR) is 84.4 cm³/mol. The minimum absolute atomic E-state index is 0.0327. The minimum Gasteiger partial charge on any atom is -0.478 e. The van der Waals surface area contributed by atoms with Crippen LogP contribution in [-0.2, 0) is 0 Å². The molecule has 108 valence electrons. The van der Waals surface area contributed by atoms with E-state index >= 15 is 0 Å². The van der Waals surface area contributed by atoms with Crippen molar-refractivity contribution in [2.24, 2.45) is 5.73 Å². The maximum atomic E-state index is 11.1. The summed E-state index contributed by atoms with van der Waals surface area (Å²) in [6.07, 6.45) is 0. The van der Waals surface area contributed by atoms with Gasteiger partial charge in [-0.05, 0) is 52.3 Å². The Morgan fingerprint density at radius 2 is 1.90 bits per heavy atom. The lowest BCUT2D eigenvalue weighted by Crippen LogP contribution is -2.10. The van der Waals surface area contributed by atoms with Gasteiger partial charge in [0.25, 0.3) is 0 Å². The second-order valence-corrected chi connectivity index (χ2v) is 5.45. The number of nitrogens with two attached hydrogens (primary N) is 1. The first-order valence-electron chi connectivity index (χ1n) is 5.77. The third kappa shape index (κ3) is 3.53. The molecule has 0 spiro atoms. The van der Waals surface area contributed by atoms with Crippen molar-refractivity contribution in [3.8, 4) is 0 Å². The van der Waals surface area contributed by atoms with E-state index in [0.717, 1.165) is 0 Å². The Kier molecular flexibility index (Phi) is 4.50. The molecule has 0 saturated heterocycles. The van der Waals surface area contributed by atoms with Gasteiger partial charge in [-0.25, -0.2) is 4.79 Å². The molecule has 4 N–H and O–H groups in total. The third-order valence-electron chi connectivity index (χ3n) is 2.73. The van der Waals surface area contributed by atoms with Crippen molar-refractivity contribution in [2.45, 2.75) is 0 Å². The van der Waals surface area contributed by atoms with Crippen LogP contribution in [0.1, 0.15) is 20.7 Å². The summed E-state index contributed by atoms with van der Waals surface area (Å²) in [7, 11) is 0. The number of benzene rings is 2. The van der Waals surface area contributed by atoms with Gasteiger partial charge in [-0.1, -0.05) is 11.6 Å². The molecule has 0 bridgehead atoms. The SMILES string of the molecule is NC(=O)c1ccc(Nc2ccc(C(=O)O)c(Cl)c2)c(Br)c1. The van der Waals surface area contributed by atoms with Gasteiger partial charge in [0, 0.05) is 15.7 Å². The number of anilines is 2. The van der Waals surface area contributed by atoms with Crippen molar-refractivity contribution < 1.29 is 14.7 Å². The molecule has 0 heterocycles. The van der Waals surface area contributed by atoms with E-state index in [2.05, 4.69) is 21.2 Å². The van der Waals surface area contributed by atoms with Crippen LogP contribution < -0.4 is 11.1 Å². The number of primary amides is 1. The molecule has 2 aromatic rings. The van der Waals surface area contributed by atoms with Gasteiger partial charge in [0.05, 0.1) is 16.3 Å². The van der Waals surface area contributed by atoms with Crippen LogP contribution in [0.5, 0.6) is 0 Å². The highest BCUT2D eigenvalue weighted by molar-refractivity contribution is 9.10. The molecule has 2 aromatic carbocycles. The van der Waals surface area contributed by atoms with Gasteiger partial charge in [-0.3, -0.25) is 4.79 Å². The molecule has 0 atom stereocenters. The Bertz CT molecular complexity index is 734. The molecule has 0 aromatic heterocycles. The van der Waals surface area contributed by atoms with Crippen molar-refractivity contribution in [3.05, 3.63) is 57.0 Å². The third-order valence-corrected chi connectivity index (χ3v) is 3.70. The molecular weight excluding hydrogens is 360 g/mol. The number of carbonyl (C=O) groups is 2. The van der Waals surface area contributed by atoms with E-state index < -0.39 is 11.9 Å². The smallest absolute Gasteiger partial charge is 0.337 e. The Morgan fingerprint density at radius 3 is 2.43 bits per heavy atom. The fraction of sp³-hybridized carbons (Fsp3) is 0. The van der Waals surface area contributed by atoms with Gasteiger partial charge in [0.15, 0.2) is 0 Å². The maximum Gasteiger partial charge on any atom is 0.337 e. The summed E-state index contributed by atoms with van der Waals surface area (Å²) in [4.78, 5) is 22.0. The molecule has 21 heavy (non-hydrogen) atoms. The number of hydrogen-bond acceptors (Lipinski definition) is 3. The quantitative estimate of drug-likeness (QED) is 0.767. The Balaban J connectivity index is 2.28. The van der Waals surface area contributed by atoms with Crippen molar-refractivity contribution in [1.29, 1.82) is 0 Å². The first-order chi connectivity index (χ1) is 9.88. The zero-order valence-corrected chi connectivity index (χ0v) is 12.9. The number of aromatic carboxylic acids is 1. The van der Waals surface area contributed by atoms with Crippen LogP contribution in [0.2, 0.25) is 5.02 Å². The van der Waals surface area contributed by atoms with Gasteiger partial charge >= 0.3 is 5.97 Å². The molecule has 7 heteroatoms. The van der Waals surface area contributed by atoms with E-state index in [9.17, 15) is 9.59 Å². The van der Waals surface area contributed by atoms with Gasteiger partial charge < -0.3 is 16.2 Å². The number of carboxylic acids is 1. The lowest BCUT2D eigenvalue weighted by molar-refractivity contribution is 0.0697. The van der Waals surface area contributed by atoms with E-state index in [1.807, 2.05) is 0 Å². The monoisotopic (exact) mass is 368 g/mol. The molecule has 0 radical (unpaired) electrons. The number of halogens is 2. The maximum absolute atomic E-state index is 11.1. The summed E-state index contributed by atoms with van der Waals surface area (Å²) in [5, 5.41) is 12.1. The highest BCUT2D eigenvalue weighted by Gasteiger charge is 2.10. The van der Waals surface area contributed by atoms with Crippen LogP contribution in [0.15, 0.2) is 40.9 Å². The fourth-order valence-corrected chi connectivity index (χ4v) is 2.43. The summed E-state index contributed by atoms with van der Waals surface area (Å²) in [5.74, 6) is -1.60. The zero-order valence-electron chi connectivity index (χ0n) is 10.6. The van der Waals surface area contributed by atoms with Gasteiger partial charge in [0.1, 0.15) is 0 Å². The topological polar surface area (TPSA) is 92.4 Å². The van der Waals surface area contributed by atoms with E-state index in [-0.39, 0.29) is 10.6 Å². The minimum atomic E-state index is -1.08. The molecule has 0 saturated carbocycles. The highest BCUT2D eigenvalue weighted by atomic mass is 79.9. The Hall–Kier alpha value is -2.05. The predicted octanol–water partition coefficient (Wildman–Crippen LogP) is 3.64. The lowest BCUT2D eigenvalue weighted by atomic mass is 10.1. The fourth-order valence-electron chi connectivity index (χ4n) is 1.69. The van der Waals surface area contributed by atoms with E-state index in [0.29, 0.717) is 21.4 Å². The summed E-state index contributed by atoms with van der Waals surface area (Å²) < 4.78 is 0.650.